The predicted octanol–water partition coefficient (Wildman–Crippen LogP) is 3.41. The molecule has 0 aromatic heterocycles. The zero-order valence-electron chi connectivity index (χ0n) is 16.0. The third-order valence-electron chi connectivity index (χ3n) is 4.00. The number of benzene rings is 2. The fourth-order valence-corrected chi connectivity index (χ4v) is 4.69. The van der Waals surface area contributed by atoms with Crippen molar-refractivity contribution in [1.82, 2.24) is 10.0 Å². The molecule has 2 rings (SSSR count). The summed E-state index contributed by atoms with van der Waals surface area (Å²) >= 11 is 1.59. The maximum atomic E-state index is 12.8. The van der Waals surface area contributed by atoms with E-state index in [2.05, 4.69) is 10.0 Å². The third kappa shape index (κ3) is 7.26. The highest BCUT2D eigenvalue weighted by Gasteiger charge is 2.16. The number of hydrogen-bond donors (Lipinski definition) is 2. The SMILES string of the molecule is Cc1ccc(C)c(S(=O)(=O)NCCC(=O)NCCCSc2ccc(F)cc2)c1. The summed E-state index contributed by atoms with van der Waals surface area (Å²) in [5, 5.41) is 2.78. The van der Waals surface area contributed by atoms with Crippen LogP contribution in [0.3, 0.4) is 0 Å². The normalized spacial score (nSPS) is 11.4. The van der Waals surface area contributed by atoms with Crippen molar-refractivity contribution in [1.29, 1.82) is 0 Å². The van der Waals surface area contributed by atoms with Crippen LogP contribution in [0, 0.1) is 19.7 Å². The van der Waals surface area contributed by atoms with Crippen LogP contribution in [-0.4, -0.2) is 33.2 Å². The number of nitrogens with one attached hydrogen (secondary N) is 2. The lowest BCUT2D eigenvalue weighted by molar-refractivity contribution is -0.120. The van der Waals surface area contributed by atoms with Crippen molar-refractivity contribution in [3.63, 3.8) is 0 Å². The Morgan fingerprint density at radius 1 is 1.07 bits per heavy atom. The van der Waals surface area contributed by atoms with Gasteiger partial charge in [-0.15, -0.1) is 11.8 Å². The molecule has 0 bridgehead atoms. The van der Waals surface area contributed by atoms with Crippen LogP contribution in [0.2, 0.25) is 0 Å². The van der Waals surface area contributed by atoms with E-state index in [1.165, 1.54) is 12.1 Å². The molecule has 0 saturated heterocycles. The lowest BCUT2D eigenvalue weighted by Crippen LogP contribution is -2.31. The van der Waals surface area contributed by atoms with E-state index in [4.69, 9.17) is 0 Å². The van der Waals surface area contributed by atoms with Crippen molar-refractivity contribution in [3.05, 3.63) is 59.4 Å². The molecule has 8 heteroatoms. The number of rotatable bonds is 10. The van der Waals surface area contributed by atoms with Crippen LogP contribution in [0.1, 0.15) is 24.0 Å². The first-order chi connectivity index (χ1) is 13.3. The van der Waals surface area contributed by atoms with Gasteiger partial charge in [0.2, 0.25) is 15.9 Å². The van der Waals surface area contributed by atoms with Gasteiger partial charge in [0.05, 0.1) is 4.90 Å². The summed E-state index contributed by atoms with van der Waals surface area (Å²) in [5.74, 6) is 0.339. The van der Waals surface area contributed by atoms with Crippen molar-refractivity contribution in [2.24, 2.45) is 0 Å². The second-order valence-electron chi connectivity index (χ2n) is 6.42. The number of carbonyl (C=O) groups is 1. The van der Waals surface area contributed by atoms with E-state index in [0.717, 1.165) is 22.6 Å². The Hall–Kier alpha value is -1.90. The number of amides is 1. The largest absolute Gasteiger partial charge is 0.356 e. The van der Waals surface area contributed by atoms with Gasteiger partial charge in [-0.1, -0.05) is 12.1 Å². The van der Waals surface area contributed by atoms with E-state index < -0.39 is 10.0 Å². The van der Waals surface area contributed by atoms with Gasteiger partial charge in [-0.2, -0.15) is 0 Å². The second-order valence-corrected chi connectivity index (χ2v) is 9.33. The van der Waals surface area contributed by atoms with E-state index in [9.17, 15) is 17.6 Å². The molecule has 5 nitrogen and oxygen atoms in total. The molecular weight excluding hydrogens is 399 g/mol. The van der Waals surface area contributed by atoms with Crippen LogP contribution in [0.15, 0.2) is 52.3 Å². The molecule has 0 radical (unpaired) electrons. The summed E-state index contributed by atoms with van der Waals surface area (Å²) in [6.45, 7) is 4.13. The van der Waals surface area contributed by atoms with E-state index in [-0.39, 0.29) is 29.6 Å². The lowest BCUT2D eigenvalue weighted by atomic mass is 10.2. The van der Waals surface area contributed by atoms with Gasteiger partial charge in [-0.05, 0) is 67.5 Å². The molecule has 2 N–H and O–H groups in total. The van der Waals surface area contributed by atoms with Crippen LogP contribution in [0.4, 0.5) is 4.39 Å². The van der Waals surface area contributed by atoms with E-state index >= 15 is 0 Å². The van der Waals surface area contributed by atoms with Crippen molar-refractivity contribution in [2.75, 3.05) is 18.8 Å². The first-order valence-electron chi connectivity index (χ1n) is 9.00. The highest BCUT2D eigenvalue weighted by molar-refractivity contribution is 7.99. The standard InChI is InChI=1S/C20H25FN2O3S2/c1-15-4-5-16(2)19(14-15)28(25,26)23-12-10-20(24)22-11-3-13-27-18-8-6-17(21)7-9-18/h4-9,14,23H,3,10-13H2,1-2H3,(H,22,24). The molecule has 0 saturated carbocycles. The minimum Gasteiger partial charge on any atom is -0.356 e. The predicted molar refractivity (Wildman–Crippen MR) is 110 cm³/mol. The maximum Gasteiger partial charge on any atom is 0.240 e. The summed E-state index contributed by atoms with van der Waals surface area (Å²) in [4.78, 5) is 13.1. The maximum absolute atomic E-state index is 12.8. The zero-order valence-corrected chi connectivity index (χ0v) is 17.6. The fraction of sp³-hybridized carbons (Fsp3) is 0.350. The summed E-state index contributed by atoms with van der Waals surface area (Å²) in [5.41, 5.74) is 1.53. The number of halogens is 1. The molecule has 0 atom stereocenters. The Kier molecular flexibility index (Phi) is 8.47. The highest BCUT2D eigenvalue weighted by Crippen LogP contribution is 2.18. The average Bonchev–Trinajstić information content (AvgIpc) is 2.64. The van der Waals surface area contributed by atoms with Crippen LogP contribution in [0.25, 0.3) is 0 Å². The first-order valence-corrected chi connectivity index (χ1v) is 11.5. The van der Waals surface area contributed by atoms with Crippen molar-refractivity contribution < 1.29 is 17.6 Å². The van der Waals surface area contributed by atoms with Crippen LogP contribution < -0.4 is 10.0 Å². The summed E-state index contributed by atoms with van der Waals surface area (Å²) in [6, 6.07) is 11.5. The van der Waals surface area contributed by atoms with Crippen molar-refractivity contribution in [3.8, 4) is 0 Å². The number of thioether (sulfide) groups is 1. The minimum atomic E-state index is -3.63. The lowest BCUT2D eigenvalue weighted by Gasteiger charge is -2.10. The van der Waals surface area contributed by atoms with E-state index in [1.807, 2.05) is 13.0 Å². The molecule has 0 aliphatic carbocycles. The van der Waals surface area contributed by atoms with Crippen LogP contribution in [0.5, 0.6) is 0 Å². The molecule has 0 unspecified atom stereocenters. The summed E-state index contributed by atoms with van der Waals surface area (Å²) < 4.78 is 40.1. The number of hydrogen-bond acceptors (Lipinski definition) is 4. The Morgan fingerprint density at radius 3 is 2.50 bits per heavy atom. The van der Waals surface area contributed by atoms with Gasteiger partial charge in [0.1, 0.15) is 5.82 Å². The van der Waals surface area contributed by atoms with Crippen LogP contribution in [-0.2, 0) is 14.8 Å². The molecule has 2 aromatic rings. The molecule has 1 amide bonds. The smallest absolute Gasteiger partial charge is 0.240 e. The van der Waals surface area contributed by atoms with Gasteiger partial charge in [0.15, 0.2) is 0 Å². The topological polar surface area (TPSA) is 75.3 Å². The monoisotopic (exact) mass is 424 g/mol. The van der Waals surface area contributed by atoms with Gasteiger partial charge in [0, 0.05) is 24.4 Å². The Balaban J connectivity index is 1.65. The van der Waals surface area contributed by atoms with Gasteiger partial charge < -0.3 is 5.32 Å². The zero-order chi connectivity index (χ0) is 20.6. The van der Waals surface area contributed by atoms with Gasteiger partial charge in [0.25, 0.3) is 0 Å². The van der Waals surface area contributed by atoms with Crippen molar-refractivity contribution in [2.45, 2.75) is 36.5 Å². The Morgan fingerprint density at radius 2 is 1.79 bits per heavy atom. The van der Waals surface area contributed by atoms with Crippen LogP contribution >= 0.6 is 11.8 Å². The van der Waals surface area contributed by atoms with Gasteiger partial charge in [-0.3, -0.25) is 4.79 Å². The molecule has 0 aliphatic rings. The molecule has 2 aromatic carbocycles. The summed E-state index contributed by atoms with van der Waals surface area (Å²) in [7, 11) is -3.63. The Labute approximate surface area is 170 Å². The fourth-order valence-electron chi connectivity index (χ4n) is 2.48. The molecule has 0 fully saturated rings. The third-order valence-corrected chi connectivity index (χ3v) is 6.70. The van der Waals surface area contributed by atoms with E-state index in [0.29, 0.717) is 12.1 Å². The van der Waals surface area contributed by atoms with E-state index in [1.54, 1.807) is 43.0 Å². The highest BCUT2D eigenvalue weighted by atomic mass is 32.2. The molecule has 0 aliphatic heterocycles. The quantitative estimate of drug-likeness (QED) is 0.453. The molecular formula is C20H25FN2O3S2. The molecule has 0 spiro atoms. The van der Waals surface area contributed by atoms with Crippen molar-refractivity contribution >= 4 is 27.7 Å². The number of sulfonamides is 1. The second kappa shape index (κ2) is 10.6. The minimum absolute atomic E-state index is 0.0475. The number of carbonyl (C=O) groups excluding carboxylic acids is 1. The van der Waals surface area contributed by atoms with Gasteiger partial charge >= 0.3 is 0 Å². The van der Waals surface area contributed by atoms with Gasteiger partial charge in [-0.25, -0.2) is 17.5 Å². The Bertz CT molecular complexity index is 900. The summed E-state index contributed by atoms with van der Waals surface area (Å²) in [6.07, 6.45) is 0.844. The molecule has 28 heavy (non-hydrogen) atoms. The molecule has 152 valence electrons. The average molecular weight is 425 g/mol. The number of aryl methyl sites for hydroxylation is 2. The first kappa shape index (κ1) is 22.4. The molecule has 0 heterocycles.